The smallest absolute Gasteiger partial charge is 0.337 e. The van der Waals surface area contributed by atoms with Gasteiger partial charge in [0.25, 0.3) is 5.91 Å². The maximum atomic E-state index is 12.8. The first-order chi connectivity index (χ1) is 16.9. The number of allylic oxidation sites excluding steroid dienone is 1. The van der Waals surface area contributed by atoms with Crippen molar-refractivity contribution in [1.82, 2.24) is 10.6 Å². The highest BCUT2D eigenvalue weighted by molar-refractivity contribution is 6.08. The predicted molar refractivity (Wildman–Crippen MR) is 138 cm³/mol. The van der Waals surface area contributed by atoms with E-state index in [1.54, 1.807) is 0 Å². The van der Waals surface area contributed by atoms with Gasteiger partial charge in [-0.2, -0.15) is 0 Å². The van der Waals surface area contributed by atoms with Gasteiger partial charge < -0.3 is 21.1 Å². The van der Waals surface area contributed by atoms with Crippen molar-refractivity contribution >= 4 is 39.8 Å². The normalized spacial score (nSPS) is 14.5. The number of carbonyl (C=O) groups is 3. The van der Waals surface area contributed by atoms with E-state index in [9.17, 15) is 19.5 Å². The van der Waals surface area contributed by atoms with Gasteiger partial charge >= 0.3 is 5.97 Å². The molecule has 0 bridgehead atoms. The number of piperidine rings is 1. The van der Waals surface area contributed by atoms with E-state index in [1.807, 2.05) is 49.4 Å². The molecule has 4 rings (SSSR count). The largest absolute Gasteiger partial charge is 0.478 e. The van der Waals surface area contributed by atoms with Crippen LogP contribution >= 0.6 is 0 Å². The van der Waals surface area contributed by atoms with Gasteiger partial charge in [-0.3, -0.25) is 9.59 Å². The van der Waals surface area contributed by atoms with E-state index >= 15 is 0 Å². The van der Waals surface area contributed by atoms with Crippen molar-refractivity contribution in [1.29, 1.82) is 0 Å². The maximum Gasteiger partial charge on any atom is 0.337 e. The van der Waals surface area contributed by atoms with Crippen molar-refractivity contribution < 1.29 is 19.5 Å². The Kier molecular flexibility index (Phi) is 7.57. The van der Waals surface area contributed by atoms with E-state index in [2.05, 4.69) is 16.0 Å². The molecular weight excluding hydrogens is 442 g/mol. The van der Waals surface area contributed by atoms with Crippen molar-refractivity contribution in [2.45, 2.75) is 19.8 Å². The zero-order valence-electron chi connectivity index (χ0n) is 19.6. The van der Waals surface area contributed by atoms with Crippen LogP contribution in [0.4, 0.5) is 5.69 Å². The lowest BCUT2D eigenvalue weighted by molar-refractivity contribution is -0.111. The number of carboxylic acid groups (broad SMARTS) is 1. The zero-order chi connectivity index (χ0) is 24.8. The Balaban J connectivity index is 1.49. The average Bonchev–Trinajstić information content (AvgIpc) is 2.87. The Morgan fingerprint density at radius 3 is 2.43 bits per heavy atom. The summed E-state index contributed by atoms with van der Waals surface area (Å²) in [6, 6.07) is 18.1. The van der Waals surface area contributed by atoms with Gasteiger partial charge in [0.2, 0.25) is 5.91 Å². The molecule has 7 nitrogen and oxygen atoms in total. The third-order valence-corrected chi connectivity index (χ3v) is 6.33. The van der Waals surface area contributed by atoms with Crippen LogP contribution in [0.2, 0.25) is 0 Å². The number of hydrogen-bond acceptors (Lipinski definition) is 4. The Morgan fingerprint density at radius 2 is 1.69 bits per heavy atom. The van der Waals surface area contributed by atoms with Gasteiger partial charge in [0.15, 0.2) is 0 Å². The second kappa shape index (κ2) is 11.0. The first-order valence-corrected chi connectivity index (χ1v) is 11.8. The number of rotatable bonds is 7. The molecule has 1 aliphatic heterocycles. The molecule has 0 aromatic heterocycles. The number of benzene rings is 3. The van der Waals surface area contributed by atoms with Gasteiger partial charge in [-0.25, -0.2) is 4.79 Å². The molecule has 3 aromatic rings. The van der Waals surface area contributed by atoms with Crippen LogP contribution in [0.3, 0.4) is 0 Å². The minimum atomic E-state index is -1.18. The highest BCUT2D eigenvalue weighted by Gasteiger charge is 2.18. The summed E-state index contributed by atoms with van der Waals surface area (Å²) in [6.45, 7) is 4.27. The van der Waals surface area contributed by atoms with Crippen molar-refractivity contribution in [3.8, 4) is 0 Å². The number of nitrogens with one attached hydrogen (secondary N) is 3. The molecule has 0 aliphatic carbocycles. The standard InChI is InChI=1S/C28H29N3O4/c1-18(21-7-6-20-4-2-3-5-22(20)15-21)14-26(32)31-25-16-23(8-9-24(25)28(34)35)27(33)30-17-19-10-12-29-13-11-19/h2-9,14-16,19,29H,10-13,17H2,1H3,(H,30,33)(H,31,32)(H,34,35)/b18-14-. The molecule has 0 unspecified atom stereocenters. The summed E-state index contributed by atoms with van der Waals surface area (Å²) in [5.74, 6) is -1.53. The number of fused-ring (bicyclic) bond motifs is 1. The molecule has 1 fully saturated rings. The molecule has 1 heterocycles. The topological polar surface area (TPSA) is 108 Å². The lowest BCUT2D eigenvalue weighted by Gasteiger charge is -2.22. The van der Waals surface area contributed by atoms with Crippen molar-refractivity contribution in [2.24, 2.45) is 5.92 Å². The quantitative estimate of drug-likeness (QED) is 0.384. The van der Waals surface area contributed by atoms with E-state index in [0.29, 0.717) is 18.0 Å². The number of carboxylic acids is 1. The van der Waals surface area contributed by atoms with Crippen LogP contribution in [-0.4, -0.2) is 42.5 Å². The monoisotopic (exact) mass is 471 g/mol. The highest BCUT2D eigenvalue weighted by atomic mass is 16.4. The molecule has 2 amide bonds. The molecule has 0 saturated carbocycles. The summed E-state index contributed by atoms with van der Waals surface area (Å²) in [4.78, 5) is 37.2. The van der Waals surface area contributed by atoms with Crippen molar-refractivity contribution in [2.75, 3.05) is 25.0 Å². The highest BCUT2D eigenvalue weighted by Crippen LogP contribution is 2.22. The molecule has 0 atom stereocenters. The molecule has 3 aromatic carbocycles. The van der Waals surface area contributed by atoms with E-state index in [-0.39, 0.29) is 17.2 Å². The van der Waals surface area contributed by atoms with Gasteiger partial charge in [-0.15, -0.1) is 0 Å². The Labute approximate surface area is 204 Å². The number of hydrogen-bond donors (Lipinski definition) is 4. The van der Waals surface area contributed by atoms with Crippen molar-refractivity contribution in [3.63, 3.8) is 0 Å². The molecule has 1 saturated heterocycles. The van der Waals surface area contributed by atoms with Crippen molar-refractivity contribution in [3.05, 3.63) is 83.4 Å². The lowest BCUT2D eigenvalue weighted by Crippen LogP contribution is -2.36. The molecule has 7 heteroatoms. The zero-order valence-corrected chi connectivity index (χ0v) is 19.6. The van der Waals surface area contributed by atoms with Gasteiger partial charge in [0, 0.05) is 18.2 Å². The molecule has 4 N–H and O–H groups in total. The summed E-state index contributed by atoms with van der Waals surface area (Å²) in [6.07, 6.45) is 3.43. The number of carbonyl (C=O) groups excluding carboxylic acids is 2. The third-order valence-electron chi connectivity index (χ3n) is 6.33. The van der Waals surface area contributed by atoms with Gasteiger partial charge in [-0.05, 0) is 84.9 Å². The predicted octanol–water partition coefficient (Wildman–Crippen LogP) is 4.31. The minimum absolute atomic E-state index is 0.0787. The fourth-order valence-corrected chi connectivity index (χ4v) is 4.28. The fourth-order valence-electron chi connectivity index (χ4n) is 4.28. The minimum Gasteiger partial charge on any atom is -0.478 e. The van der Waals surface area contributed by atoms with Crippen LogP contribution in [0, 0.1) is 5.92 Å². The summed E-state index contributed by atoms with van der Waals surface area (Å²) in [5.41, 5.74) is 1.93. The Morgan fingerprint density at radius 1 is 0.971 bits per heavy atom. The number of amides is 2. The van der Waals surface area contributed by atoms with Crippen LogP contribution < -0.4 is 16.0 Å². The Hall–Kier alpha value is -3.97. The lowest BCUT2D eigenvalue weighted by atomic mass is 9.98. The summed E-state index contributed by atoms with van der Waals surface area (Å²) in [5, 5.41) is 20.6. The van der Waals surface area contributed by atoms with E-state index < -0.39 is 11.9 Å². The first kappa shape index (κ1) is 24.2. The van der Waals surface area contributed by atoms with E-state index in [0.717, 1.165) is 47.8 Å². The van der Waals surface area contributed by atoms with E-state index in [1.165, 1.54) is 24.3 Å². The maximum absolute atomic E-state index is 12.8. The SMILES string of the molecule is C/C(=C/C(=O)Nc1cc(C(=O)NCC2CCNCC2)ccc1C(=O)O)c1ccc2ccccc2c1. The van der Waals surface area contributed by atoms with Crippen LogP contribution in [0.5, 0.6) is 0 Å². The van der Waals surface area contributed by atoms with Gasteiger partial charge in [0.05, 0.1) is 11.3 Å². The molecule has 0 spiro atoms. The van der Waals surface area contributed by atoms with Crippen LogP contribution in [0.15, 0.2) is 66.7 Å². The second-order valence-corrected chi connectivity index (χ2v) is 8.85. The fraction of sp³-hybridized carbons (Fsp3) is 0.250. The Bertz CT molecular complexity index is 1290. The molecule has 35 heavy (non-hydrogen) atoms. The summed E-state index contributed by atoms with van der Waals surface area (Å²) < 4.78 is 0. The molecule has 1 aliphatic rings. The number of aromatic carboxylic acids is 1. The van der Waals surface area contributed by atoms with Crippen LogP contribution in [-0.2, 0) is 4.79 Å². The molecule has 0 radical (unpaired) electrons. The summed E-state index contributed by atoms with van der Waals surface area (Å²) >= 11 is 0. The van der Waals surface area contributed by atoms with Crippen LogP contribution in [0.25, 0.3) is 16.3 Å². The molecule has 180 valence electrons. The molecular formula is C28H29N3O4. The van der Waals surface area contributed by atoms with Crippen LogP contribution in [0.1, 0.15) is 46.0 Å². The number of anilines is 1. The van der Waals surface area contributed by atoms with Gasteiger partial charge in [-0.1, -0.05) is 36.4 Å². The third kappa shape index (κ3) is 6.13. The second-order valence-electron chi connectivity index (χ2n) is 8.85. The van der Waals surface area contributed by atoms with Gasteiger partial charge in [0.1, 0.15) is 0 Å². The average molecular weight is 472 g/mol. The summed E-state index contributed by atoms with van der Waals surface area (Å²) in [7, 11) is 0. The van der Waals surface area contributed by atoms with E-state index in [4.69, 9.17) is 0 Å². The first-order valence-electron chi connectivity index (χ1n) is 11.8.